The molecule has 1 aliphatic carbocycles. The first-order valence-electron chi connectivity index (χ1n) is 6.77. The molecule has 0 heterocycles. The van der Waals surface area contributed by atoms with E-state index in [0.29, 0.717) is 18.0 Å². The number of nitrogens with two attached hydrogens (primary N) is 1. The van der Waals surface area contributed by atoms with Gasteiger partial charge in [-0.25, -0.2) is 13.1 Å². The highest BCUT2D eigenvalue weighted by molar-refractivity contribution is 7.89. The van der Waals surface area contributed by atoms with Crippen LogP contribution in [0.4, 0.5) is 0 Å². The van der Waals surface area contributed by atoms with Crippen LogP contribution in [0.2, 0.25) is 5.02 Å². The third kappa shape index (κ3) is 3.56. The van der Waals surface area contributed by atoms with Crippen molar-refractivity contribution in [2.24, 2.45) is 17.1 Å². The summed E-state index contributed by atoms with van der Waals surface area (Å²) in [6.07, 6.45) is 2.13. The molecule has 0 spiro atoms. The lowest BCUT2D eigenvalue weighted by atomic mass is 9.93. The molecule has 2 rings (SSSR count). The fourth-order valence-corrected chi connectivity index (χ4v) is 4.05. The van der Waals surface area contributed by atoms with Crippen LogP contribution in [0.3, 0.4) is 0 Å². The van der Waals surface area contributed by atoms with E-state index in [1.807, 2.05) is 0 Å². The Morgan fingerprint density at radius 3 is 2.52 bits per heavy atom. The highest BCUT2D eigenvalue weighted by Crippen LogP contribution is 2.51. The zero-order valence-electron chi connectivity index (χ0n) is 12.0. The van der Waals surface area contributed by atoms with Crippen LogP contribution < -0.4 is 10.5 Å². The fourth-order valence-electron chi connectivity index (χ4n) is 2.30. The van der Waals surface area contributed by atoms with Crippen molar-refractivity contribution in [2.75, 3.05) is 6.54 Å². The standard InChI is InChI=1S/C14H19ClN2O2S2/c1-9(2)14(5-6-14)8-17-21(18,19)10-3-4-11(13(16)20)12(15)7-10/h3-4,7,9,17H,5-6,8H2,1-2H3,(H2,16,20). The maximum Gasteiger partial charge on any atom is 0.240 e. The highest BCUT2D eigenvalue weighted by Gasteiger charge is 2.45. The molecule has 0 aromatic heterocycles. The van der Waals surface area contributed by atoms with Crippen molar-refractivity contribution < 1.29 is 8.42 Å². The van der Waals surface area contributed by atoms with E-state index in [4.69, 9.17) is 29.6 Å². The summed E-state index contributed by atoms with van der Waals surface area (Å²) in [7, 11) is -3.57. The van der Waals surface area contributed by atoms with Crippen LogP contribution in [0.1, 0.15) is 32.3 Å². The summed E-state index contributed by atoms with van der Waals surface area (Å²) >= 11 is 10.9. The molecule has 1 aromatic rings. The lowest BCUT2D eigenvalue weighted by Gasteiger charge is -2.20. The molecule has 1 saturated carbocycles. The minimum absolute atomic E-state index is 0.107. The first-order chi connectivity index (χ1) is 9.68. The van der Waals surface area contributed by atoms with Crippen LogP contribution in [0.15, 0.2) is 23.1 Å². The average Bonchev–Trinajstić information content (AvgIpc) is 3.17. The van der Waals surface area contributed by atoms with Crippen LogP contribution in [0.25, 0.3) is 0 Å². The molecule has 3 N–H and O–H groups in total. The van der Waals surface area contributed by atoms with Gasteiger partial charge in [0.25, 0.3) is 0 Å². The van der Waals surface area contributed by atoms with E-state index in [2.05, 4.69) is 18.6 Å². The molecular formula is C14H19ClN2O2S2. The van der Waals surface area contributed by atoms with E-state index < -0.39 is 10.0 Å². The topological polar surface area (TPSA) is 72.2 Å². The second-order valence-corrected chi connectivity index (χ2v) is 8.46. The summed E-state index contributed by atoms with van der Waals surface area (Å²) in [4.78, 5) is 0.278. The maximum atomic E-state index is 12.3. The van der Waals surface area contributed by atoms with Crippen molar-refractivity contribution in [1.29, 1.82) is 0 Å². The van der Waals surface area contributed by atoms with Crippen molar-refractivity contribution in [3.8, 4) is 0 Å². The van der Waals surface area contributed by atoms with Crippen molar-refractivity contribution in [1.82, 2.24) is 4.72 Å². The van der Waals surface area contributed by atoms with Gasteiger partial charge in [-0.1, -0.05) is 37.7 Å². The number of thiocarbonyl (C=S) groups is 1. The van der Waals surface area contributed by atoms with Crippen molar-refractivity contribution >= 4 is 38.8 Å². The van der Waals surface area contributed by atoms with E-state index in [9.17, 15) is 8.42 Å². The molecule has 1 aliphatic rings. The molecule has 0 amide bonds. The van der Waals surface area contributed by atoms with Crippen molar-refractivity contribution in [3.05, 3.63) is 28.8 Å². The molecular weight excluding hydrogens is 328 g/mol. The second kappa shape index (κ2) is 5.83. The minimum atomic E-state index is -3.57. The summed E-state index contributed by atoms with van der Waals surface area (Å²) in [5.74, 6) is 0.459. The van der Waals surface area contributed by atoms with Crippen molar-refractivity contribution in [3.63, 3.8) is 0 Å². The predicted molar refractivity (Wildman–Crippen MR) is 89.0 cm³/mol. The summed E-state index contributed by atoms with van der Waals surface area (Å²) in [5.41, 5.74) is 6.10. The van der Waals surface area contributed by atoms with Gasteiger partial charge < -0.3 is 5.73 Å². The first kappa shape index (κ1) is 16.7. The molecule has 0 unspecified atom stereocenters. The van der Waals surface area contributed by atoms with Crippen LogP contribution in [0, 0.1) is 11.3 Å². The Morgan fingerprint density at radius 1 is 1.48 bits per heavy atom. The van der Waals surface area contributed by atoms with Gasteiger partial charge in [-0.2, -0.15) is 0 Å². The summed E-state index contributed by atoms with van der Waals surface area (Å²) < 4.78 is 27.3. The van der Waals surface area contributed by atoms with Gasteiger partial charge in [0.05, 0.1) is 9.92 Å². The Kier molecular flexibility index (Phi) is 4.63. The smallest absolute Gasteiger partial charge is 0.240 e. The Labute approximate surface area is 136 Å². The minimum Gasteiger partial charge on any atom is -0.389 e. The maximum absolute atomic E-state index is 12.3. The zero-order valence-corrected chi connectivity index (χ0v) is 14.4. The molecule has 0 saturated heterocycles. The zero-order chi connectivity index (χ0) is 15.8. The molecule has 0 aliphatic heterocycles. The number of sulfonamides is 1. The molecule has 116 valence electrons. The SMILES string of the molecule is CC(C)C1(CNS(=O)(=O)c2ccc(C(N)=S)c(Cl)c2)CC1. The molecule has 0 atom stereocenters. The molecule has 1 aromatic carbocycles. The van der Waals surface area contributed by atoms with Crippen LogP contribution in [-0.4, -0.2) is 20.0 Å². The number of rotatable bonds is 6. The van der Waals surface area contributed by atoms with E-state index in [0.717, 1.165) is 12.8 Å². The van der Waals surface area contributed by atoms with Crippen LogP contribution >= 0.6 is 23.8 Å². The fraction of sp³-hybridized carbons (Fsp3) is 0.500. The van der Waals surface area contributed by atoms with Gasteiger partial charge in [-0.05, 0) is 42.4 Å². The molecule has 4 nitrogen and oxygen atoms in total. The summed E-state index contributed by atoms with van der Waals surface area (Å²) in [6, 6.07) is 4.39. The lowest BCUT2D eigenvalue weighted by Crippen LogP contribution is -2.32. The van der Waals surface area contributed by atoms with E-state index in [1.165, 1.54) is 18.2 Å². The Hall–Kier alpha value is -0.690. The number of nitrogens with one attached hydrogen (secondary N) is 1. The third-order valence-electron chi connectivity index (χ3n) is 4.25. The van der Waals surface area contributed by atoms with Gasteiger partial charge in [-0.3, -0.25) is 0 Å². The van der Waals surface area contributed by atoms with Gasteiger partial charge in [-0.15, -0.1) is 0 Å². The van der Waals surface area contributed by atoms with Gasteiger partial charge in [0.1, 0.15) is 4.99 Å². The predicted octanol–water partition coefficient (Wildman–Crippen LogP) is 2.69. The van der Waals surface area contributed by atoms with E-state index >= 15 is 0 Å². The Bertz CT molecular complexity index is 668. The van der Waals surface area contributed by atoms with Gasteiger partial charge in [0, 0.05) is 12.1 Å². The molecule has 7 heteroatoms. The Morgan fingerprint density at radius 2 is 2.10 bits per heavy atom. The van der Waals surface area contributed by atoms with E-state index in [-0.39, 0.29) is 20.3 Å². The number of hydrogen-bond donors (Lipinski definition) is 2. The third-order valence-corrected chi connectivity index (χ3v) is 6.18. The summed E-state index contributed by atoms with van der Waals surface area (Å²) in [5, 5.41) is 0.246. The monoisotopic (exact) mass is 346 g/mol. The molecule has 0 radical (unpaired) electrons. The normalized spacial score (nSPS) is 17.0. The lowest BCUT2D eigenvalue weighted by molar-refractivity contribution is 0.357. The number of benzene rings is 1. The molecule has 1 fully saturated rings. The van der Waals surface area contributed by atoms with Gasteiger partial charge in [0.15, 0.2) is 0 Å². The van der Waals surface area contributed by atoms with Gasteiger partial charge in [0.2, 0.25) is 10.0 Å². The second-order valence-electron chi connectivity index (χ2n) is 5.85. The summed E-state index contributed by atoms with van der Waals surface area (Å²) in [6.45, 7) is 4.70. The first-order valence-corrected chi connectivity index (χ1v) is 9.04. The van der Waals surface area contributed by atoms with Crippen molar-refractivity contribution in [2.45, 2.75) is 31.6 Å². The van der Waals surface area contributed by atoms with E-state index in [1.54, 1.807) is 0 Å². The Balaban J connectivity index is 2.17. The van der Waals surface area contributed by atoms with Crippen LogP contribution in [0.5, 0.6) is 0 Å². The average molecular weight is 347 g/mol. The number of hydrogen-bond acceptors (Lipinski definition) is 3. The molecule has 0 bridgehead atoms. The largest absolute Gasteiger partial charge is 0.389 e. The highest BCUT2D eigenvalue weighted by atomic mass is 35.5. The number of halogens is 1. The molecule has 21 heavy (non-hydrogen) atoms. The van der Waals surface area contributed by atoms with Crippen LogP contribution in [-0.2, 0) is 10.0 Å². The quantitative estimate of drug-likeness (QED) is 0.777. The van der Waals surface area contributed by atoms with Gasteiger partial charge >= 0.3 is 0 Å².